The lowest BCUT2D eigenvalue weighted by molar-refractivity contribution is 0.544. The molecule has 1 aliphatic rings. The van der Waals surface area contributed by atoms with Gasteiger partial charge in [0.1, 0.15) is 5.82 Å². The largest absolute Gasteiger partial charge is 0.383 e. The van der Waals surface area contributed by atoms with Crippen LogP contribution in [-0.4, -0.2) is 23.0 Å². The van der Waals surface area contributed by atoms with Crippen molar-refractivity contribution in [3.8, 4) is 0 Å². The zero-order valence-electron chi connectivity index (χ0n) is 15.2. The maximum absolute atomic E-state index is 7.59. The van der Waals surface area contributed by atoms with E-state index in [0.29, 0.717) is 11.9 Å². The maximum Gasteiger partial charge on any atom is 0.132 e. The standard InChI is InChI=1S/C22H24N4S/c23-13-21-20-9-8-18(12-17(20)14-25-22(21)24)26-27-11-10-16-6-3-5-15-4-1-2-7-19(15)16/h1-7,13-14,18,23,26H,8-12H2,(H2,24,25). The Bertz CT molecular complexity index is 964. The fraction of sp³-hybridized carbons (Fsp3) is 0.273. The number of nitrogen functional groups attached to an aromatic ring is 1. The summed E-state index contributed by atoms with van der Waals surface area (Å²) in [5.41, 5.74) is 10.5. The van der Waals surface area contributed by atoms with Crippen LogP contribution in [0.15, 0.2) is 48.7 Å². The van der Waals surface area contributed by atoms with Crippen molar-refractivity contribution in [3.05, 3.63) is 70.9 Å². The molecule has 0 aliphatic heterocycles. The van der Waals surface area contributed by atoms with Crippen LogP contribution < -0.4 is 10.5 Å². The van der Waals surface area contributed by atoms with E-state index in [1.54, 1.807) is 0 Å². The Balaban J connectivity index is 1.33. The van der Waals surface area contributed by atoms with E-state index in [1.165, 1.54) is 33.7 Å². The highest BCUT2D eigenvalue weighted by Crippen LogP contribution is 2.27. The van der Waals surface area contributed by atoms with Gasteiger partial charge in [-0.1, -0.05) is 54.4 Å². The number of aromatic nitrogens is 1. The van der Waals surface area contributed by atoms with Crippen LogP contribution in [0.25, 0.3) is 10.8 Å². The number of nitrogens with one attached hydrogen (secondary N) is 2. The summed E-state index contributed by atoms with van der Waals surface area (Å²) in [5, 5.41) is 10.3. The summed E-state index contributed by atoms with van der Waals surface area (Å²) >= 11 is 1.81. The Morgan fingerprint density at radius 2 is 2.07 bits per heavy atom. The lowest BCUT2D eigenvalue weighted by atomic mass is 9.87. The predicted octanol–water partition coefficient (Wildman–Crippen LogP) is 4.15. The lowest BCUT2D eigenvalue weighted by Gasteiger charge is -2.26. The summed E-state index contributed by atoms with van der Waals surface area (Å²) in [6, 6.07) is 15.6. The Kier molecular flexibility index (Phi) is 5.41. The molecule has 0 bridgehead atoms. The van der Waals surface area contributed by atoms with Gasteiger partial charge in [-0.15, -0.1) is 0 Å². The van der Waals surface area contributed by atoms with E-state index >= 15 is 0 Å². The minimum Gasteiger partial charge on any atom is -0.383 e. The SMILES string of the molecule is N=Cc1c(N)ncc2c1CCC(NSCCc1cccc3ccccc13)C2. The van der Waals surface area contributed by atoms with E-state index in [9.17, 15) is 0 Å². The second kappa shape index (κ2) is 8.11. The summed E-state index contributed by atoms with van der Waals surface area (Å²) < 4.78 is 3.63. The third-order valence-electron chi connectivity index (χ3n) is 5.31. The molecule has 27 heavy (non-hydrogen) atoms. The number of pyridine rings is 1. The van der Waals surface area contributed by atoms with E-state index in [-0.39, 0.29) is 0 Å². The van der Waals surface area contributed by atoms with Crippen molar-refractivity contribution in [1.29, 1.82) is 5.41 Å². The highest BCUT2D eigenvalue weighted by Gasteiger charge is 2.21. The van der Waals surface area contributed by atoms with Gasteiger partial charge in [0.15, 0.2) is 0 Å². The van der Waals surface area contributed by atoms with Crippen LogP contribution in [0.5, 0.6) is 0 Å². The number of anilines is 1. The fourth-order valence-electron chi connectivity index (χ4n) is 3.89. The van der Waals surface area contributed by atoms with Crippen LogP contribution in [0, 0.1) is 5.41 Å². The van der Waals surface area contributed by atoms with Crippen LogP contribution in [-0.2, 0) is 19.3 Å². The van der Waals surface area contributed by atoms with Gasteiger partial charge in [-0.25, -0.2) is 4.98 Å². The van der Waals surface area contributed by atoms with Gasteiger partial charge in [0.25, 0.3) is 0 Å². The monoisotopic (exact) mass is 376 g/mol. The summed E-state index contributed by atoms with van der Waals surface area (Å²) in [4.78, 5) is 4.25. The summed E-state index contributed by atoms with van der Waals surface area (Å²) in [6.07, 6.45) is 7.25. The zero-order chi connectivity index (χ0) is 18.6. The molecule has 3 aromatic rings. The van der Waals surface area contributed by atoms with Crippen LogP contribution >= 0.6 is 11.9 Å². The Labute approximate surface area is 164 Å². The van der Waals surface area contributed by atoms with Crippen molar-refractivity contribution in [2.45, 2.75) is 31.7 Å². The zero-order valence-corrected chi connectivity index (χ0v) is 16.1. The molecule has 138 valence electrons. The topological polar surface area (TPSA) is 74.8 Å². The molecule has 2 aromatic carbocycles. The van der Waals surface area contributed by atoms with Crippen molar-refractivity contribution < 1.29 is 0 Å². The smallest absolute Gasteiger partial charge is 0.132 e. The lowest BCUT2D eigenvalue weighted by Crippen LogP contribution is -2.31. The highest BCUT2D eigenvalue weighted by molar-refractivity contribution is 7.97. The molecule has 0 saturated carbocycles. The number of nitrogens with two attached hydrogens (primary N) is 1. The van der Waals surface area contributed by atoms with Gasteiger partial charge in [0.05, 0.1) is 0 Å². The van der Waals surface area contributed by atoms with Gasteiger partial charge in [-0.3, -0.25) is 4.72 Å². The van der Waals surface area contributed by atoms with Gasteiger partial charge in [0, 0.05) is 29.8 Å². The van der Waals surface area contributed by atoms with E-state index in [4.69, 9.17) is 11.1 Å². The van der Waals surface area contributed by atoms with Gasteiger partial charge in [0.2, 0.25) is 0 Å². The van der Waals surface area contributed by atoms with E-state index in [1.807, 2.05) is 18.1 Å². The number of benzene rings is 2. The summed E-state index contributed by atoms with van der Waals surface area (Å²) in [7, 11) is 0. The van der Waals surface area contributed by atoms with Crippen molar-refractivity contribution in [2.75, 3.05) is 11.5 Å². The van der Waals surface area contributed by atoms with E-state index in [0.717, 1.165) is 37.0 Å². The molecule has 0 spiro atoms. The van der Waals surface area contributed by atoms with Gasteiger partial charge >= 0.3 is 0 Å². The van der Waals surface area contributed by atoms with Gasteiger partial charge in [-0.05, 0) is 53.1 Å². The minimum absolute atomic E-state index is 0.444. The second-order valence-electron chi connectivity index (χ2n) is 7.00. The van der Waals surface area contributed by atoms with Crippen LogP contribution in [0.1, 0.15) is 28.7 Å². The Morgan fingerprint density at radius 1 is 1.22 bits per heavy atom. The number of rotatable bonds is 6. The summed E-state index contributed by atoms with van der Waals surface area (Å²) in [5.74, 6) is 1.52. The normalized spacial score (nSPS) is 16.2. The average molecular weight is 377 g/mol. The number of nitrogens with zero attached hydrogens (tertiary/aromatic N) is 1. The second-order valence-corrected chi connectivity index (χ2v) is 7.93. The first-order valence-corrected chi connectivity index (χ1v) is 10.4. The number of aryl methyl sites for hydroxylation is 1. The number of hydrogen-bond acceptors (Lipinski definition) is 5. The van der Waals surface area contributed by atoms with E-state index in [2.05, 4.69) is 52.2 Å². The first-order valence-electron chi connectivity index (χ1n) is 9.37. The molecule has 4 rings (SSSR count). The molecular weight excluding hydrogens is 352 g/mol. The molecule has 4 N–H and O–H groups in total. The first kappa shape index (κ1) is 18.0. The molecule has 1 atom stereocenters. The third-order valence-corrected chi connectivity index (χ3v) is 6.21. The van der Waals surface area contributed by atoms with Crippen LogP contribution in [0.4, 0.5) is 5.82 Å². The first-order chi connectivity index (χ1) is 13.3. The third kappa shape index (κ3) is 3.84. The van der Waals surface area contributed by atoms with Crippen molar-refractivity contribution in [2.24, 2.45) is 0 Å². The predicted molar refractivity (Wildman–Crippen MR) is 116 cm³/mol. The van der Waals surface area contributed by atoms with Crippen LogP contribution in [0.2, 0.25) is 0 Å². The Hall–Kier alpha value is -2.37. The average Bonchev–Trinajstić information content (AvgIpc) is 2.71. The molecule has 1 unspecified atom stereocenters. The summed E-state index contributed by atoms with van der Waals surface area (Å²) in [6.45, 7) is 0. The molecule has 4 nitrogen and oxygen atoms in total. The molecule has 0 radical (unpaired) electrons. The Morgan fingerprint density at radius 3 is 2.96 bits per heavy atom. The van der Waals surface area contributed by atoms with Crippen molar-refractivity contribution in [3.63, 3.8) is 0 Å². The van der Waals surface area contributed by atoms with Gasteiger partial charge < -0.3 is 11.1 Å². The number of fused-ring (bicyclic) bond motifs is 2. The maximum atomic E-state index is 7.59. The molecule has 0 fully saturated rings. The molecule has 5 heteroatoms. The molecule has 0 saturated heterocycles. The number of hydrogen-bond donors (Lipinski definition) is 3. The highest BCUT2D eigenvalue weighted by atomic mass is 32.2. The van der Waals surface area contributed by atoms with Crippen molar-refractivity contribution >= 4 is 34.8 Å². The van der Waals surface area contributed by atoms with Crippen LogP contribution in [0.3, 0.4) is 0 Å². The van der Waals surface area contributed by atoms with Gasteiger partial charge in [-0.2, -0.15) is 0 Å². The fourth-order valence-corrected chi connectivity index (χ4v) is 4.77. The molecule has 1 aliphatic carbocycles. The van der Waals surface area contributed by atoms with Crippen molar-refractivity contribution in [1.82, 2.24) is 9.71 Å². The molecule has 0 amide bonds. The molecular formula is C22H24N4S. The molecule has 1 heterocycles. The van der Waals surface area contributed by atoms with E-state index < -0.39 is 0 Å². The quantitative estimate of drug-likeness (QED) is 0.343. The minimum atomic E-state index is 0.444. The molecule has 1 aromatic heterocycles.